The van der Waals surface area contributed by atoms with Gasteiger partial charge in [0.1, 0.15) is 5.56 Å². The Morgan fingerprint density at radius 3 is 2.75 bits per heavy atom. The number of hydrazone groups is 1. The molecule has 40 heavy (non-hydrogen) atoms. The Kier molecular flexibility index (Phi) is 6.45. The molecule has 0 saturated carbocycles. The molecule has 0 saturated heterocycles. The second-order valence-corrected chi connectivity index (χ2v) is 10.5. The van der Waals surface area contributed by atoms with Crippen molar-refractivity contribution in [3.63, 3.8) is 0 Å². The lowest BCUT2D eigenvalue weighted by Crippen LogP contribution is -2.32. The van der Waals surface area contributed by atoms with E-state index in [2.05, 4.69) is 37.8 Å². The third kappa shape index (κ3) is 4.54. The zero-order valence-corrected chi connectivity index (χ0v) is 22.4. The minimum atomic E-state index is -0.575. The molecule has 1 aliphatic heterocycles. The Morgan fingerprint density at radius 2 is 1.98 bits per heavy atom. The highest BCUT2D eigenvalue weighted by atomic mass is 32.2. The lowest BCUT2D eigenvalue weighted by atomic mass is 10.0. The Labute approximate surface area is 233 Å². The van der Waals surface area contributed by atoms with Gasteiger partial charge < -0.3 is 11.1 Å². The first-order valence-electron chi connectivity index (χ1n) is 12.6. The van der Waals surface area contributed by atoms with E-state index in [0.717, 1.165) is 0 Å². The van der Waals surface area contributed by atoms with Gasteiger partial charge in [-0.25, -0.2) is 9.50 Å². The number of thioether (sulfide) groups is 1. The Hall–Kier alpha value is -5.08. The molecule has 2 aromatic carbocycles. The number of fused-ring (bicyclic) bond motifs is 2. The first-order chi connectivity index (χ1) is 19.4. The maximum atomic E-state index is 14.2. The number of benzene rings is 2. The minimum Gasteiger partial charge on any atom is -0.381 e. The number of nitrogens with two attached hydrogens (primary N) is 1. The van der Waals surface area contributed by atoms with Crippen molar-refractivity contribution in [3.8, 4) is 17.5 Å². The number of aromatic nitrogens is 4. The number of anilines is 1. The Morgan fingerprint density at radius 1 is 1.15 bits per heavy atom. The fourth-order valence-electron chi connectivity index (χ4n) is 4.66. The second kappa shape index (κ2) is 10.2. The van der Waals surface area contributed by atoms with Gasteiger partial charge in [-0.15, -0.1) is 5.10 Å². The highest BCUT2D eigenvalue weighted by Gasteiger charge is 2.24. The number of hydrogen-bond acceptors (Lipinski definition) is 8. The molecule has 3 aromatic heterocycles. The van der Waals surface area contributed by atoms with Crippen LogP contribution in [0.25, 0.3) is 22.1 Å². The smallest absolute Gasteiger partial charge is 0.264 e. The van der Waals surface area contributed by atoms with Gasteiger partial charge in [0.25, 0.3) is 11.5 Å². The van der Waals surface area contributed by atoms with Crippen molar-refractivity contribution in [2.75, 3.05) is 5.73 Å². The van der Waals surface area contributed by atoms with Crippen LogP contribution in [-0.4, -0.2) is 35.5 Å². The van der Waals surface area contributed by atoms with Crippen LogP contribution in [0.5, 0.6) is 0 Å². The Balaban J connectivity index is 1.46. The zero-order valence-electron chi connectivity index (χ0n) is 21.6. The molecule has 5 aromatic rings. The van der Waals surface area contributed by atoms with Crippen molar-refractivity contribution in [2.45, 2.75) is 25.3 Å². The molecule has 2 unspecified atom stereocenters. The van der Waals surface area contributed by atoms with Crippen LogP contribution in [0.15, 0.2) is 83.0 Å². The zero-order chi connectivity index (χ0) is 27.8. The maximum absolute atomic E-state index is 14.2. The molecule has 0 spiro atoms. The van der Waals surface area contributed by atoms with Crippen LogP contribution < -0.4 is 22.0 Å². The molecule has 1 amide bonds. The average molecular weight is 549 g/mol. The summed E-state index contributed by atoms with van der Waals surface area (Å²) < 4.78 is 3.07. The third-order valence-electron chi connectivity index (χ3n) is 6.47. The van der Waals surface area contributed by atoms with Gasteiger partial charge in [0.05, 0.1) is 16.8 Å². The van der Waals surface area contributed by atoms with Crippen molar-refractivity contribution < 1.29 is 4.79 Å². The largest absolute Gasteiger partial charge is 0.381 e. The molecule has 10 nitrogen and oxygen atoms in total. The van der Waals surface area contributed by atoms with E-state index in [0.29, 0.717) is 38.4 Å². The molecule has 1 aliphatic rings. The summed E-state index contributed by atoms with van der Waals surface area (Å²) in [5.41, 5.74) is 11.2. The van der Waals surface area contributed by atoms with Gasteiger partial charge in [0.15, 0.2) is 16.5 Å². The van der Waals surface area contributed by atoms with E-state index in [9.17, 15) is 9.59 Å². The van der Waals surface area contributed by atoms with Crippen LogP contribution in [0.3, 0.4) is 0 Å². The van der Waals surface area contributed by atoms with Crippen molar-refractivity contribution in [3.05, 3.63) is 100 Å². The van der Waals surface area contributed by atoms with Crippen molar-refractivity contribution in [2.24, 2.45) is 5.10 Å². The van der Waals surface area contributed by atoms with E-state index in [1.54, 1.807) is 23.0 Å². The van der Waals surface area contributed by atoms with E-state index in [1.807, 2.05) is 68.4 Å². The monoisotopic (exact) mass is 548 g/mol. The summed E-state index contributed by atoms with van der Waals surface area (Å²) in [6.45, 7) is 3.82. The van der Waals surface area contributed by atoms with Crippen molar-refractivity contribution in [1.82, 2.24) is 29.9 Å². The molecule has 0 bridgehead atoms. The lowest BCUT2D eigenvalue weighted by Gasteiger charge is -2.21. The van der Waals surface area contributed by atoms with Gasteiger partial charge in [0, 0.05) is 29.3 Å². The van der Waals surface area contributed by atoms with Gasteiger partial charge in [0.2, 0.25) is 0 Å². The predicted octanol–water partition coefficient (Wildman–Crippen LogP) is 3.45. The van der Waals surface area contributed by atoms with Crippen LogP contribution in [0.4, 0.5) is 5.82 Å². The van der Waals surface area contributed by atoms with Gasteiger partial charge in [-0.1, -0.05) is 48.0 Å². The summed E-state index contributed by atoms with van der Waals surface area (Å²) in [6.07, 6.45) is 3.24. The normalized spacial score (nSPS) is 15.2. The summed E-state index contributed by atoms with van der Waals surface area (Å²) in [6, 6.07) is 17.9. The number of hydrogen-bond donors (Lipinski definition) is 3. The molecule has 11 heteroatoms. The molecule has 0 radical (unpaired) electrons. The highest BCUT2D eigenvalue weighted by molar-refractivity contribution is 8.15. The van der Waals surface area contributed by atoms with Crippen LogP contribution >= 0.6 is 11.8 Å². The van der Waals surface area contributed by atoms with Crippen molar-refractivity contribution in [1.29, 1.82) is 0 Å². The highest BCUT2D eigenvalue weighted by Crippen LogP contribution is 2.25. The van der Waals surface area contributed by atoms with Crippen LogP contribution in [0.1, 0.15) is 41.5 Å². The molecule has 0 fully saturated rings. The SMILES string of the molecule is CC1NN=C(C#Cc2cccc3cc(C(C)NC(=O)c4c(N)nn5cccnc45)n(-c4ccccc4)c(=O)c23)S1. The Bertz CT molecular complexity index is 1930. The number of carbonyl (C=O) groups excluding carboxylic acids is 1. The first kappa shape index (κ1) is 25.2. The number of nitrogen functional groups attached to an aromatic ring is 1. The molecule has 6 rings (SSSR count). The summed E-state index contributed by atoms with van der Waals surface area (Å²) in [4.78, 5) is 31.8. The quantitative estimate of drug-likeness (QED) is 0.293. The molecular weight excluding hydrogens is 524 g/mol. The summed E-state index contributed by atoms with van der Waals surface area (Å²) in [5, 5.41) is 13.4. The molecule has 2 atom stereocenters. The van der Waals surface area contributed by atoms with E-state index in [4.69, 9.17) is 5.73 Å². The third-order valence-corrected chi connectivity index (χ3v) is 7.35. The van der Waals surface area contributed by atoms with Crippen LogP contribution in [0.2, 0.25) is 0 Å². The van der Waals surface area contributed by atoms with E-state index < -0.39 is 11.9 Å². The molecule has 4 heterocycles. The van der Waals surface area contributed by atoms with Gasteiger partial charge in [-0.3, -0.25) is 19.6 Å². The predicted molar refractivity (Wildman–Crippen MR) is 157 cm³/mol. The van der Waals surface area contributed by atoms with Crippen LogP contribution in [0, 0.1) is 11.8 Å². The first-order valence-corrected chi connectivity index (χ1v) is 13.4. The molecule has 198 valence electrons. The number of nitrogens with one attached hydrogen (secondary N) is 2. The standard InChI is InChI=1S/C29H24N8O2S/c1-17(32-28(38)25-26(30)35-36-15-7-14-31-27(25)36)22-16-20-9-6-8-19(12-13-23-34-33-18(2)40-23)24(20)29(39)37(22)21-10-4-3-5-11-21/h3-11,14-18,33H,1-2H3,(H2,30,35)(H,32,38). The molecule has 0 aliphatic carbocycles. The molecule has 4 N–H and O–H groups in total. The maximum Gasteiger partial charge on any atom is 0.264 e. The average Bonchev–Trinajstić information content (AvgIpc) is 3.53. The minimum absolute atomic E-state index is 0.0696. The van der Waals surface area contributed by atoms with Gasteiger partial charge in [-0.05, 0) is 55.5 Å². The molecular formula is C29H24N8O2S. The van der Waals surface area contributed by atoms with Crippen LogP contribution in [-0.2, 0) is 0 Å². The van der Waals surface area contributed by atoms with E-state index in [-0.39, 0.29) is 22.3 Å². The fraction of sp³-hybridized carbons (Fsp3) is 0.138. The lowest BCUT2D eigenvalue weighted by molar-refractivity contribution is 0.0941. The van der Waals surface area contributed by atoms with E-state index >= 15 is 0 Å². The number of para-hydroxylation sites is 1. The summed E-state index contributed by atoms with van der Waals surface area (Å²) in [5.74, 6) is 5.84. The van der Waals surface area contributed by atoms with Crippen molar-refractivity contribution >= 4 is 45.0 Å². The number of pyridine rings is 1. The number of nitrogens with zero attached hydrogens (tertiary/aromatic N) is 5. The van der Waals surface area contributed by atoms with Gasteiger partial charge in [-0.2, -0.15) is 5.10 Å². The van der Waals surface area contributed by atoms with Gasteiger partial charge >= 0.3 is 0 Å². The van der Waals surface area contributed by atoms with E-state index in [1.165, 1.54) is 16.3 Å². The second-order valence-electron chi connectivity index (χ2n) is 9.21. The summed E-state index contributed by atoms with van der Waals surface area (Å²) in [7, 11) is 0. The summed E-state index contributed by atoms with van der Waals surface area (Å²) >= 11 is 1.53. The number of rotatable bonds is 4. The topological polar surface area (TPSA) is 132 Å². The number of amides is 1. The number of carbonyl (C=O) groups is 1. The fourth-order valence-corrected chi connectivity index (χ4v) is 5.32.